The van der Waals surface area contributed by atoms with Gasteiger partial charge in [0.15, 0.2) is 0 Å². The number of amides is 1. The summed E-state index contributed by atoms with van der Waals surface area (Å²) in [6.07, 6.45) is 3.89. The first kappa shape index (κ1) is 19.7. The molecule has 1 amide bonds. The molecule has 1 aromatic rings. The number of anilines is 1. The molecule has 0 saturated carbocycles. The maximum Gasteiger partial charge on any atom is 0.244 e. The number of hydrogen-bond acceptors (Lipinski definition) is 4. The van der Waals surface area contributed by atoms with Crippen LogP contribution in [0.4, 0.5) is 5.69 Å². The molecule has 130 valence electrons. The van der Waals surface area contributed by atoms with Crippen LogP contribution in [0.3, 0.4) is 0 Å². The second-order valence-corrected chi connectivity index (χ2v) is 6.09. The second-order valence-electron chi connectivity index (χ2n) is 6.09. The van der Waals surface area contributed by atoms with E-state index in [1.54, 1.807) is 6.92 Å². The molecule has 2 atom stereocenters. The van der Waals surface area contributed by atoms with Crippen molar-refractivity contribution in [3.05, 3.63) is 24.3 Å². The molecule has 0 bridgehead atoms. The Morgan fingerprint density at radius 3 is 2.70 bits per heavy atom. The number of nitrogens with one attached hydrogen (secondary N) is 1. The van der Waals surface area contributed by atoms with Gasteiger partial charge in [-0.05, 0) is 50.5 Å². The van der Waals surface area contributed by atoms with Gasteiger partial charge in [-0.25, -0.2) is 0 Å². The number of halogens is 1. The lowest BCUT2D eigenvalue weighted by molar-refractivity contribution is -0.120. The van der Waals surface area contributed by atoms with Crippen molar-refractivity contribution in [2.45, 2.75) is 51.2 Å². The Labute approximate surface area is 144 Å². The van der Waals surface area contributed by atoms with Crippen LogP contribution in [0, 0.1) is 0 Å². The van der Waals surface area contributed by atoms with Crippen LogP contribution in [0.15, 0.2) is 24.3 Å². The van der Waals surface area contributed by atoms with Crippen LogP contribution in [-0.4, -0.2) is 30.8 Å². The smallest absolute Gasteiger partial charge is 0.244 e. The van der Waals surface area contributed by atoms with E-state index in [-0.39, 0.29) is 24.4 Å². The monoisotopic (exact) mass is 342 g/mol. The standard InChI is InChI=1S/C17H26N2O3.ClH/c1-3-10-17(2,18)16(20)19-13-6-8-14(9-7-13)22-12-15-5-4-11-21-15;/h6-9,15H,3-5,10-12,18H2,1-2H3,(H,19,20);1H. The van der Waals surface area contributed by atoms with Gasteiger partial charge in [0.1, 0.15) is 12.4 Å². The molecule has 23 heavy (non-hydrogen) atoms. The van der Waals surface area contributed by atoms with E-state index in [1.165, 1.54) is 0 Å². The van der Waals surface area contributed by atoms with Gasteiger partial charge in [-0.3, -0.25) is 4.79 Å². The zero-order chi connectivity index (χ0) is 16.0. The molecule has 2 unspecified atom stereocenters. The highest BCUT2D eigenvalue weighted by molar-refractivity contribution is 5.97. The SMILES string of the molecule is CCCC(C)(N)C(=O)Nc1ccc(OCC2CCCO2)cc1.Cl. The number of rotatable bonds is 7. The van der Waals surface area contributed by atoms with Crippen molar-refractivity contribution in [1.82, 2.24) is 0 Å². The highest BCUT2D eigenvalue weighted by Crippen LogP contribution is 2.19. The number of ether oxygens (including phenoxy) is 2. The van der Waals surface area contributed by atoms with Crippen LogP contribution in [0.5, 0.6) is 5.75 Å². The van der Waals surface area contributed by atoms with Crippen molar-refractivity contribution in [3.8, 4) is 5.75 Å². The van der Waals surface area contributed by atoms with Gasteiger partial charge in [-0.1, -0.05) is 13.3 Å². The topological polar surface area (TPSA) is 73.6 Å². The molecule has 5 nitrogen and oxygen atoms in total. The third kappa shape index (κ3) is 6.01. The molecule has 1 aromatic carbocycles. The largest absolute Gasteiger partial charge is 0.491 e. The van der Waals surface area contributed by atoms with Crippen LogP contribution in [-0.2, 0) is 9.53 Å². The summed E-state index contributed by atoms with van der Waals surface area (Å²) in [6, 6.07) is 7.34. The Kier molecular flexibility index (Phi) is 7.82. The molecule has 0 spiro atoms. The summed E-state index contributed by atoms with van der Waals surface area (Å²) in [5.74, 6) is 0.611. The minimum atomic E-state index is -0.844. The van der Waals surface area contributed by atoms with E-state index >= 15 is 0 Å². The highest BCUT2D eigenvalue weighted by Gasteiger charge is 2.27. The molecule has 2 rings (SSSR count). The molecular weight excluding hydrogens is 316 g/mol. The first-order valence-electron chi connectivity index (χ1n) is 7.96. The van der Waals surface area contributed by atoms with Crippen molar-refractivity contribution in [2.75, 3.05) is 18.5 Å². The fraction of sp³-hybridized carbons (Fsp3) is 0.588. The minimum absolute atomic E-state index is 0. The van der Waals surface area contributed by atoms with Gasteiger partial charge >= 0.3 is 0 Å². The first-order valence-corrected chi connectivity index (χ1v) is 7.96. The second kappa shape index (κ2) is 9.11. The van der Waals surface area contributed by atoms with E-state index in [0.29, 0.717) is 13.0 Å². The van der Waals surface area contributed by atoms with Crippen molar-refractivity contribution >= 4 is 24.0 Å². The summed E-state index contributed by atoms with van der Waals surface area (Å²) in [6.45, 7) is 5.17. The molecule has 1 aliphatic heterocycles. The number of carbonyl (C=O) groups excluding carboxylic acids is 1. The minimum Gasteiger partial charge on any atom is -0.491 e. The third-order valence-electron chi connectivity index (χ3n) is 3.86. The van der Waals surface area contributed by atoms with Crippen LogP contribution in [0.25, 0.3) is 0 Å². The van der Waals surface area contributed by atoms with Crippen LogP contribution >= 0.6 is 12.4 Å². The molecule has 1 heterocycles. The van der Waals surface area contributed by atoms with E-state index < -0.39 is 5.54 Å². The summed E-state index contributed by atoms with van der Waals surface area (Å²) in [5, 5.41) is 2.85. The zero-order valence-corrected chi connectivity index (χ0v) is 14.7. The first-order chi connectivity index (χ1) is 10.5. The predicted molar refractivity (Wildman–Crippen MR) is 94.3 cm³/mol. The molecule has 6 heteroatoms. The van der Waals surface area contributed by atoms with Crippen molar-refractivity contribution in [1.29, 1.82) is 0 Å². The maximum absolute atomic E-state index is 12.1. The summed E-state index contributed by atoms with van der Waals surface area (Å²) in [7, 11) is 0. The van der Waals surface area contributed by atoms with Crippen LogP contribution in [0.2, 0.25) is 0 Å². The van der Waals surface area contributed by atoms with Crippen LogP contribution in [0.1, 0.15) is 39.5 Å². The highest BCUT2D eigenvalue weighted by atomic mass is 35.5. The number of hydrogen-bond donors (Lipinski definition) is 2. The zero-order valence-electron chi connectivity index (χ0n) is 13.8. The Hall–Kier alpha value is -1.30. The average molecular weight is 343 g/mol. The number of nitrogens with two attached hydrogens (primary N) is 1. The van der Waals surface area contributed by atoms with E-state index in [2.05, 4.69) is 5.32 Å². The van der Waals surface area contributed by atoms with Gasteiger partial charge in [-0.2, -0.15) is 0 Å². The van der Waals surface area contributed by atoms with Gasteiger partial charge in [0.05, 0.1) is 11.6 Å². The lowest BCUT2D eigenvalue weighted by Crippen LogP contribution is -2.48. The van der Waals surface area contributed by atoms with E-state index in [1.807, 2.05) is 31.2 Å². The van der Waals surface area contributed by atoms with E-state index in [4.69, 9.17) is 15.2 Å². The predicted octanol–water partition coefficient (Wildman–Crippen LogP) is 3.12. The summed E-state index contributed by atoms with van der Waals surface area (Å²) in [5.41, 5.74) is 5.90. The number of benzene rings is 1. The third-order valence-corrected chi connectivity index (χ3v) is 3.86. The Bertz CT molecular complexity index is 485. The average Bonchev–Trinajstić information content (AvgIpc) is 3.00. The van der Waals surface area contributed by atoms with Crippen molar-refractivity contribution in [3.63, 3.8) is 0 Å². The quantitative estimate of drug-likeness (QED) is 0.798. The molecule has 0 aromatic heterocycles. The Morgan fingerprint density at radius 2 is 2.13 bits per heavy atom. The van der Waals surface area contributed by atoms with Crippen molar-refractivity contribution < 1.29 is 14.3 Å². The lowest BCUT2D eigenvalue weighted by Gasteiger charge is -2.22. The summed E-state index contributed by atoms with van der Waals surface area (Å²) in [4.78, 5) is 12.1. The Morgan fingerprint density at radius 1 is 1.43 bits per heavy atom. The van der Waals surface area contributed by atoms with Gasteiger partial charge in [0, 0.05) is 12.3 Å². The molecule has 0 radical (unpaired) electrons. The molecule has 1 aliphatic rings. The fourth-order valence-corrected chi connectivity index (χ4v) is 2.51. The normalized spacial score (nSPS) is 19.5. The molecule has 0 aliphatic carbocycles. The van der Waals surface area contributed by atoms with Crippen LogP contribution < -0.4 is 15.8 Å². The van der Waals surface area contributed by atoms with Gasteiger partial charge in [0.25, 0.3) is 0 Å². The van der Waals surface area contributed by atoms with Crippen molar-refractivity contribution in [2.24, 2.45) is 5.73 Å². The summed E-state index contributed by atoms with van der Waals surface area (Å²) < 4.78 is 11.2. The molecular formula is C17H27ClN2O3. The Balaban J connectivity index is 0.00000264. The van der Waals surface area contributed by atoms with Gasteiger partial charge in [0.2, 0.25) is 5.91 Å². The fourth-order valence-electron chi connectivity index (χ4n) is 2.51. The molecule has 1 saturated heterocycles. The van der Waals surface area contributed by atoms with Gasteiger partial charge in [-0.15, -0.1) is 12.4 Å². The van der Waals surface area contributed by atoms with Gasteiger partial charge < -0.3 is 20.5 Å². The molecule has 1 fully saturated rings. The maximum atomic E-state index is 12.1. The lowest BCUT2D eigenvalue weighted by atomic mass is 9.96. The molecule has 3 N–H and O–H groups in total. The number of carbonyl (C=O) groups is 1. The van der Waals surface area contributed by atoms with E-state index in [9.17, 15) is 4.79 Å². The van der Waals surface area contributed by atoms with E-state index in [0.717, 1.165) is 37.3 Å². The summed E-state index contributed by atoms with van der Waals surface area (Å²) >= 11 is 0.